The minimum absolute atomic E-state index is 0.135. The topological polar surface area (TPSA) is 38.7 Å². The van der Waals surface area contributed by atoms with E-state index in [4.69, 9.17) is 9.47 Å². The Morgan fingerprint density at radius 2 is 2.33 bits per heavy atom. The standard InChI is InChI=1S/C9H18O3/c1-7(11-3)9(2,10)8-4-5-12-6-8/h7-8,10H,4-6H2,1-3H3. The maximum atomic E-state index is 10.1. The Morgan fingerprint density at radius 1 is 1.67 bits per heavy atom. The van der Waals surface area contributed by atoms with Crippen molar-refractivity contribution in [3.05, 3.63) is 0 Å². The van der Waals surface area contributed by atoms with E-state index >= 15 is 0 Å². The number of rotatable bonds is 3. The van der Waals surface area contributed by atoms with Gasteiger partial charge in [-0.3, -0.25) is 0 Å². The van der Waals surface area contributed by atoms with Crippen LogP contribution in [0.25, 0.3) is 0 Å². The highest BCUT2D eigenvalue weighted by molar-refractivity contribution is 4.89. The zero-order valence-corrected chi connectivity index (χ0v) is 8.04. The van der Waals surface area contributed by atoms with E-state index < -0.39 is 5.60 Å². The molecule has 0 amide bonds. The molecule has 0 aromatic rings. The second-order valence-electron chi connectivity index (χ2n) is 3.66. The van der Waals surface area contributed by atoms with Gasteiger partial charge in [-0.15, -0.1) is 0 Å². The monoisotopic (exact) mass is 174 g/mol. The van der Waals surface area contributed by atoms with Crippen LogP contribution in [0.2, 0.25) is 0 Å². The Hall–Kier alpha value is -0.120. The summed E-state index contributed by atoms with van der Waals surface area (Å²) >= 11 is 0. The molecule has 3 atom stereocenters. The first kappa shape index (κ1) is 9.96. The van der Waals surface area contributed by atoms with Gasteiger partial charge in [-0.05, 0) is 20.3 Å². The van der Waals surface area contributed by atoms with Crippen LogP contribution in [-0.4, -0.2) is 37.1 Å². The lowest BCUT2D eigenvalue weighted by Crippen LogP contribution is -2.45. The molecule has 0 aliphatic carbocycles. The second-order valence-corrected chi connectivity index (χ2v) is 3.66. The van der Waals surface area contributed by atoms with Gasteiger partial charge in [-0.1, -0.05) is 0 Å². The van der Waals surface area contributed by atoms with Crippen molar-refractivity contribution in [2.75, 3.05) is 20.3 Å². The summed E-state index contributed by atoms with van der Waals surface area (Å²) in [5.74, 6) is 0.215. The van der Waals surface area contributed by atoms with Crippen molar-refractivity contribution in [3.8, 4) is 0 Å². The number of hydrogen-bond acceptors (Lipinski definition) is 3. The minimum Gasteiger partial charge on any atom is -0.387 e. The average Bonchev–Trinajstić information content (AvgIpc) is 2.55. The minimum atomic E-state index is -0.759. The summed E-state index contributed by atoms with van der Waals surface area (Å²) in [4.78, 5) is 0. The maximum absolute atomic E-state index is 10.1. The van der Waals surface area contributed by atoms with E-state index in [-0.39, 0.29) is 12.0 Å². The van der Waals surface area contributed by atoms with Crippen LogP contribution in [0.3, 0.4) is 0 Å². The largest absolute Gasteiger partial charge is 0.387 e. The summed E-state index contributed by atoms with van der Waals surface area (Å²) < 4.78 is 10.3. The third kappa shape index (κ3) is 1.79. The van der Waals surface area contributed by atoms with Gasteiger partial charge in [0.05, 0.1) is 18.3 Å². The molecule has 72 valence electrons. The van der Waals surface area contributed by atoms with Crippen LogP contribution in [0.5, 0.6) is 0 Å². The Morgan fingerprint density at radius 3 is 2.75 bits per heavy atom. The fraction of sp³-hybridized carbons (Fsp3) is 1.00. The predicted octanol–water partition coefficient (Wildman–Crippen LogP) is 0.809. The lowest BCUT2D eigenvalue weighted by molar-refractivity contribution is -0.108. The molecule has 1 N–H and O–H groups in total. The second kappa shape index (κ2) is 3.73. The quantitative estimate of drug-likeness (QED) is 0.688. The van der Waals surface area contributed by atoms with E-state index in [1.807, 2.05) is 13.8 Å². The molecule has 1 fully saturated rings. The fourth-order valence-electron chi connectivity index (χ4n) is 1.57. The van der Waals surface area contributed by atoms with Gasteiger partial charge in [0.25, 0.3) is 0 Å². The highest BCUT2D eigenvalue weighted by atomic mass is 16.5. The van der Waals surface area contributed by atoms with Crippen LogP contribution < -0.4 is 0 Å². The van der Waals surface area contributed by atoms with Crippen molar-refractivity contribution in [2.45, 2.75) is 32.0 Å². The molecule has 3 heteroatoms. The summed E-state index contributed by atoms with van der Waals surface area (Å²) in [6.07, 6.45) is 0.796. The molecule has 3 unspecified atom stereocenters. The molecule has 3 nitrogen and oxygen atoms in total. The van der Waals surface area contributed by atoms with Crippen molar-refractivity contribution < 1.29 is 14.6 Å². The van der Waals surface area contributed by atoms with Crippen LogP contribution >= 0.6 is 0 Å². The van der Waals surface area contributed by atoms with Crippen molar-refractivity contribution in [1.82, 2.24) is 0 Å². The average molecular weight is 174 g/mol. The van der Waals surface area contributed by atoms with Crippen LogP contribution in [0, 0.1) is 5.92 Å². The zero-order chi connectivity index (χ0) is 9.19. The molecule has 1 aliphatic rings. The summed E-state index contributed by atoms with van der Waals surface area (Å²) in [7, 11) is 1.62. The number of ether oxygens (including phenoxy) is 2. The summed E-state index contributed by atoms with van der Waals surface area (Å²) in [6, 6.07) is 0. The first-order valence-corrected chi connectivity index (χ1v) is 4.42. The van der Waals surface area contributed by atoms with E-state index in [1.54, 1.807) is 7.11 Å². The fourth-order valence-corrected chi connectivity index (χ4v) is 1.57. The Kier molecular flexibility index (Phi) is 3.09. The smallest absolute Gasteiger partial charge is 0.0928 e. The zero-order valence-electron chi connectivity index (χ0n) is 8.04. The summed E-state index contributed by atoms with van der Waals surface area (Å²) in [5, 5.41) is 10.1. The van der Waals surface area contributed by atoms with Gasteiger partial charge in [0.2, 0.25) is 0 Å². The highest BCUT2D eigenvalue weighted by Gasteiger charge is 2.39. The van der Waals surface area contributed by atoms with Gasteiger partial charge in [-0.2, -0.15) is 0 Å². The van der Waals surface area contributed by atoms with E-state index in [9.17, 15) is 5.11 Å². The maximum Gasteiger partial charge on any atom is 0.0928 e. The van der Waals surface area contributed by atoms with E-state index in [0.717, 1.165) is 13.0 Å². The Bertz CT molecular complexity index is 139. The molecule has 0 aromatic carbocycles. The highest BCUT2D eigenvalue weighted by Crippen LogP contribution is 2.29. The van der Waals surface area contributed by atoms with Crippen LogP contribution in [0.15, 0.2) is 0 Å². The molecular weight excluding hydrogens is 156 g/mol. The third-order valence-corrected chi connectivity index (χ3v) is 2.93. The van der Waals surface area contributed by atoms with E-state index in [1.165, 1.54) is 0 Å². The summed E-state index contributed by atoms with van der Waals surface area (Å²) in [6.45, 7) is 5.12. The van der Waals surface area contributed by atoms with Gasteiger partial charge in [0, 0.05) is 19.6 Å². The van der Waals surface area contributed by atoms with Crippen LogP contribution in [0.4, 0.5) is 0 Å². The normalized spacial score (nSPS) is 31.5. The van der Waals surface area contributed by atoms with Gasteiger partial charge < -0.3 is 14.6 Å². The summed E-state index contributed by atoms with van der Waals surface area (Å²) in [5.41, 5.74) is -0.759. The van der Waals surface area contributed by atoms with Gasteiger partial charge in [0.15, 0.2) is 0 Å². The third-order valence-electron chi connectivity index (χ3n) is 2.93. The Labute approximate surface area is 73.7 Å². The van der Waals surface area contributed by atoms with Gasteiger partial charge in [-0.25, -0.2) is 0 Å². The molecule has 1 saturated heterocycles. The number of hydrogen-bond donors (Lipinski definition) is 1. The molecule has 0 spiro atoms. The van der Waals surface area contributed by atoms with Crippen LogP contribution in [-0.2, 0) is 9.47 Å². The number of methoxy groups -OCH3 is 1. The predicted molar refractivity (Wildman–Crippen MR) is 46.0 cm³/mol. The van der Waals surface area contributed by atoms with Gasteiger partial charge in [0.1, 0.15) is 0 Å². The molecule has 0 radical (unpaired) electrons. The van der Waals surface area contributed by atoms with Crippen molar-refractivity contribution in [2.24, 2.45) is 5.92 Å². The van der Waals surface area contributed by atoms with Crippen molar-refractivity contribution in [1.29, 1.82) is 0 Å². The molecule has 1 aliphatic heterocycles. The first-order chi connectivity index (χ1) is 5.59. The molecule has 0 aromatic heterocycles. The van der Waals surface area contributed by atoms with E-state index in [2.05, 4.69) is 0 Å². The van der Waals surface area contributed by atoms with Crippen molar-refractivity contribution in [3.63, 3.8) is 0 Å². The molecule has 0 bridgehead atoms. The Balaban J connectivity index is 2.56. The molecule has 0 saturated carbocycles. The lowest BCUT2D eigenvalue weighted by Gasteiger charge is -2.33. The number of aliphatic hydroxyl groups is 1. The molecule has 1 heterocycles. The molecule has 12 heavy (non-hydrogen) atoms. The van der Waals surface area contributed by atoms with Crippen LogP contribution in [0.1, 0.15) is 20.3 Å². The van der Waals surface area contributed by atoms with E-state index in [0.29, 0.717) is 6.61 Å². The SMILES string of the molecule is COC(C)C(C)(O)C1CCOC1. The van der Waals surface area contributed by atoms with Gasteiger partial charge >= 0.3 is 0 Å². The first-order valence-electron chi connectivity index (χ1n) is 4.42. The lowest BCUT2D eigenvalue weighted by atomic mass is 9.84. The molecule has 1 rings (SSSR count). The molecular formula is C9H18O3. The van der Waals surface area contributed by atoms with Crippen molar-refractivity contribution >= 4 is 0 Å².